The van der Waals surface area contributed by atoms with E-state index in [-0.39, 0.29) is 18.5 Å². The predicted molar refractivity (Wildman–Crippen MR) is 34.2 cm³/mol. The van der Waals surface area contributed by atoms with Gasteiger partial charge in [0, 0.05) is 0 Å². The highest BCUT2D eigenvalue weighted by Gasteiger charge is 2.40. The van der Waals surface area contributed by atoms with Crippen LogP contribution in [0, 0.1) is 11.8 Å². The quantitative estimate of drug-likeness (QED) is 0.558. The Bertz CT molecular complexity index is 136. The summed E-state index contributed by atoms with van der Waals surface area (Å²) in [6.07, 6.45) is 0.908. The number of hydrogen-bond acceptors (Lipinski definition) is 2. The number of rotatable bonds is 3. The van der Waals surface area contributed by atoms with Gasteiger partial charge in [-0.3, -0.25) is 4.79 Å². The van der Waals surface area contributed by atoms with E-state index in [1.165, 1.54) is 0 Å². The van der Waals surface area contributed by atoms with E-state index in [0.29, 0.717) is 5.92 Å². The van der Waals surface area contributed by atoms with Crippen molar-refractivity contribution in [1.82, 2.24) is 0 Å². The summed E-state index contributed by atoms with van der Waals surface area (Å²) in [5, 5.41) is 0. The van der Waals surface area contributed by atoms with Crippen LogP contribution in [0.15, 0.2) is 0 Å². The van der Waals surface area contributed by atoms with Gasteiger partial charge in [0.1, 0.15) is 13.3 Å². The third kappa shape index (κ3) is 1.69. The van der Waals surface area contributed by atoms with Crippen LogP contribution in [0.3, 0.4) is 0 Å². The predicted octanol–water partition coefficient (Wildman–Crippen LogP) is 1.16. The molecule has 0 saturated heterocycles. The summed E-state index contributed by atoms with van der Waals surface area (Å²) in [6, 6.07) is 0. The zero-order valence-corrected chi connectivity index (χ0v) is 5.97. The van der Waals surface area contributed by atoms with Crippen LogP contribution < -0.4 is 0 Å². The second-order valence-corrected chi connectivity index (χ2v) is 2.68. The molecule has 10 heavy (non-hydrogen) atoms. The first-order valence-corrected chi connectivity index (χ1v) is 3.48. The molecule has 0 spiro atoms. The number of carbonyl (C=O) groups excluding carboxylic acids is 1. The van der Waals surface area contributed by atoms with E-state index in [0.717, 1.165) is 6.42 Å². The van der Waals surface area contributed by atoms with Crippen LogP contribution in [-0.2, 0) is 9.53 Å². The first-order chi connectivity index (χ1) is 4.75. The van der Waals surface area contributed by atoms with Gasteiger partial charge in [-0.2, -0.15) is 0 Å². The van der Waals surface area contributed by atoms with Crippen molar-refractivity contribution < 1.29 is 13.9 Å². The summed E-state index contributed by atoms with van der Waals surface area (Å²) in [7, 11) is 0. The Morgan fingerprint density at radius 2 is 2.40 bits per heavy atom. The molecule has 0 aromatic heterocycles. The van der Waals surface area contributed by atoms with E-state index in [4.69, 9.17) is 0 Å². The lowest BCUT2D eigenvalue weighted by molar-refractivity contribution is -0.145. The van der Waals surface area contributed by atoms with Gasteiger partial charge in [0.15, 0.2) is 0 Å². The summed E-state index contributed by atoms with van der Waals surface area (Å²) in [5.41, 5.74) is 0. The van der Waals surface area contributed by atoms with Crippen molar-refractivity contribution in [1.29, 1.82) is 0 Å². The minimum atomic E-state index is -0.577. The van der Waals surface area contributed by atoms with Gasteiger partial charge in [-0.1, -0.05) is 6.92 Å². The van der Waals surface area contributed by atoms with Gasteiger partial charge in [0.05, 0.1) is 5.92 Å². The monoisotopic (exact) mass is 146 g/mol. The Labute approximate surface area is 59.4 Å². The van der Waals surface area contributed by atoms with Crippen molar-refractivity contribution in [3.05, 3.63) is 0 Å². The second kappa shape index (κ2) is 2.99. The van der Waals surface area contributed by atoms with Crippen molar-refractivity contribution in [2.24, 2.45) is 11.8 Å². The molecule has 58 valence electrons. The maximum Gasteiger partial charge on any atom is 0.309 e. The average molecular weight is 146 g/mol. The lowest BCUT2D eigenvalue weighted by atomic mass is 10.3. The van der Waals surface area contributed by atoms with Crippen LogP contribution in [0.5, 0.6) is 0 Å². The fraction of sp³-hybridized carbons (Fsp3) is 0.857. The fourth-order valence-electron chi connectivity index (χ4n) is 0.897. The summed E-state index contributed by atoms with van der Waals surface area (Å²) >= 11 is 0. The van der Waals surface area contributed by atoms with E-state index < -0.39 is 6.67 Å². The number of halogens is 1. The van der Waals surface area contributed by atoms with Crippen LogP contribution in [0.2, 0.25) is 0 Å². The van der Waals surface area contributed by atoms with Crippen LogP contribution in [0.1, 0.15) is 13.3 Å². The Morgan fingerprint density at radius 3 is 2.80 bits per heavy atom. The van der Waals surface area contributed by atoms with Crippen LogP contribution in [-0.4, -0.2) is 19.3 Å². The molecule has 2 nitrogen and oxygen atoms in total. The Hall–Kier alpha value is -0.600. The number of ether oxygens (including phenoxy) is 1. The Morgan fingerprint density at radius 1 is 1.80 bits per heavy atom. The molecule has 3 heteroatoms. The standard InChI is InChI=1S/C7H11FO2/c1-5-4-6(5)7(9)10-3-2-8/h5-6H,2-4H2,1H3/t5-,6-/m0/s1. The number of alkyl halides is 1. The zero-order valence-electron chi connectivity index (χ0n) is 5.97. The molecule has 2 atom stereocenters. The smallest absolute Gasteiger partial charge is 0.309 e. The minimum absolute atomic E-state index is 0.0616. The van der Waals surface area contributed by atoms with Gasteiger partial charge in [-0.15, -0.1) is 0 Å². The van der Waals surface area contributed by atoms with Crippen molar-refractivity contribution in [2.75, 3.05) is 13.3 Å². The SMILES string of the molecule is C[C@H]1C[C@@H]1C(=O)OCCF. The first-order valence-electron chi connectivity index (χ1n) is 3.48. The molecule has 1 saturated carbocycles. The molecule has 0 N–H and O–H groups in total. The molecule has 0 aliphatic heterocycles. The molecule has 1 aliphatic rings. The normalized spacial score (nSPS) is 29.8. The van der Waals surface area contributed by atoms with E-state index in [2.05, 4.69) is 4.74 Å². The molecule has 0 aromatic rings. The summed E-state index contributed by atoms with van der Waals surface area (Å²) in [6.45, 7) is 1.33. The maximum atomic E-state index is 11.5. The van der Waals surface area contributed by atoms with E-state index >= 15 is 0 Å². The van der Waals surface area contributed by atoms with Gasteiger partial charge < -0.3 is 4.74 Å². The zero-order chi connectivity index (χ0) is 7.56. The van der Waals surface area contributed by atoms with Crippen molar-refractivity contribution in [2.45, 2.75) is 13.3 Å². The summed E-state index contributed by atoms with van der Waals surface area (Å²) in [5.74, 6) is 0.281. The van der Waals surface area contributed by atoms with Gasteiger partial charge >= 0.3 is 5.97 Å². The lowest BCUT2D eigenvalue weighted by Crippen LogP contribution is -2.09. The molecular formula is C7H11FO2. The van der Waals surface area contributed by atoms with Crippen LogP contribution in [0.4, 0.5) is 4.39 Å². The Kier molecular flexibility index (Phi) is 2.25. The summed E-state index contributed by atoms with van der Waals surface area (Å²) < 4.78 is 16.0. The first kappa shape index (κ1) is 7.51. The molecule has 0 bridgehead atoms. The number of esters is 1. The fourth-order valence-corrected chi connectivity index (χ4v) is 0.897. The molecule has 1 aliphatic carbocycles. The minimum Gasteiger partial charge on any atom is -0.463 e. The molecule has 0 amide bonds. The van der Waals surface area contributed by atoms with E-state index in [9.17, 15) is 9.18 Å². The van der Waals surface area contributed by atoms with E-state index in [1.54, 1.807) is 0 Å². The molecule has 1 fully saturated rings. The van der Waals surface area contributed by atoms with Gasteiger partial charge in [-0.25, -0.2) is 4.39 Å². The average Bonchev–Trinajstić information content (AvgIpc) is 2.62. The van der Waals surface area contributed by atoms with Gasteiger partial charge in [-0.05, 0) is 12.3 Å². The third-order valence-electron chi connectivity index (χ3n) is 1.73. The van der Waals surface area contributed by atoms with Crippen LogP contribution in [0.25, 0.3) is 0 Å². The number of hydrogen-bond donors (Lipinski definition) is 0. The van der Waals surface area contributed by atoms with Crippen molar-refractivity contribution in [3.63, 3.8) is 0 Å². The molecular weight excluding hydrogens is 135 g/mol. The molecule has 0 radical (unpaired) electrons. The van der Waals surface area contributed by atoms with Crippen molar-refractivity contribution >= 4 is 5.97 Å². The van der Waals surface area contributed by atoms with E-state index in [1.807, 2.05) is 6.92 Å². The molecule has 0 unspecified atom stereocenters. The van der Waals surface area contributed by atoms with Crippen molar-refractivity contribution in [3.8, 4) is 0 Å². The second-order valence-electron chi connectivity index (χ2n) is 2.68. The largest absolute Gasteiger partial charge is 0.463 e. The highest BCUT2D eigenvalue weighted by molar-refractivity contribution is 5.75. The number of carbonyl (C=O) groups is 1. The molecule has 0 heterocycles. The topological polar surface area (TPSA) is 26.3 Å². The molecule has 0 aromatic carbocycles. The lowest BCUT2D eigenvalue weighted by Gasteiger charge is -1.98. The maximum absolute atomic E-state index is 11.5. The highest BCUT2D eigenvalue weighted by atomic mass is 19.1. The van der Waals surface area contributed by atoms with Gasteiger partial charge in [0.25, 0.3) is 0 Å². The highest BCUT2D eigenvalue weighted by Crippen LogP contribution is 2.38. The summed E-state index contributed by atoms with van der Waals surface area (Å²) in [4.78, 5) is 10.8. The molecule has 1 rings (SSSR count). The van der Waals surface area contributed by atoms with Crippen LogP contribution >= 0.6 is 0 Å². The van der Waals surface area contributed by atoms with Gasteiger partial charge in [0.2, 0.25) is 0 Å². The Balaban J connectivity index is 2.11. The third-order valence-corrected chi connectivity index (χ3v) is 1.73.